The molecule has 6 nitrogen and oxygen atoms in total. The van der Waals surface area contributed by atoms with Gasteiger partial charge in [0, 0.05) is 6.61 Å². The van der Waals surface area contributed by atoms with Gasteiger partial charge in [0.2, 0.25) is 0 Å². The molecule has 156 valence electrons. The van der Waals surface area contributed by atoms with E-state index in [1.807, 2.05) is 13.0 Å². The molecule has 27 heavy (non-hydrogen) atoms. The van der Waals surface area contributed by atoms with Crippen molar-refractivity contribution < 1.29 is 22.7 Å². The van der Waals surface area contributed by atoms with Crippen LogP contribution in [0.4, 0.5) is 4.79 Å². The fourth-order valence-corrected chi connectivity index (χ4v) is 3.16. The molecule has 0 unspecified atom stereocenters. The lowest BCUT2D eigenvalue weighted by atomic mass is 10.2. The van der Waals surface area contributed by atoms with E-state index in [4.69, 9.17) is 9.47 Å². The van der Waals surface area contributed by atoms with Crippen molar-refractivity contribution in [2.24, 2.45) is 0 Å². The van der Waals surface area contributed by atoms with Crippen LogP contribution in [0.2, 0.25) is 0 Å². The van der Waals surface area contributed by atoms with Gasteiger partial charge < -0.3 is 9.47 Å². The number of carbonyl (C=O) groups is 1. The highest BCUT2D eigenvalue weighted by atomic mass is 32.2. The monoisotopic (exact) mass is 401 g/mol. The van der Waals surface area contributed by atoms with Crippen molar-refractivity contribution in [3.05, 3.63) is 35.8 Å². The summed E-state index contributed by atoms with van der Waals surface area (Å²) in [6.07, 6.45) is 10.1. The van der Waals surface area contributed by atoms with E-state index in [1.165, 1.54) is 6.08 Å². The minimum absolute atomic E-state index is 0.363. The van der Waals surface area contributed by atoms with E-state index < -0.39 is 27.8 Å². The molecule has 0 aliphatic rings. The highest BCUT2D eigenvalue weighted by Gasteiger charge is 2.33. The smallest absolute Gasteiger partial charge is 0.424 e. The normalized spacial score (nSPS) is 14.3. The Hall–Kier alpha value is -1.60. The maximum absolute atomic E-state index is 12.7. The van der Waals surface area contributed by atoms with E-state index in [2.05, 4.69) is 6.92 Å². The van der Waals surface area contributed by atoms with Crippen LogP contribution < -0.4 is 0 Å². The molecule has 7 heteroatoms. The van der Waals surface area contributed by atoms with E-state index in [-0.39, 0.29) is 0 Å². The van der Waals surface area contributed by atoms with Crippen LogP contribution in [0.3, 0.4) is 0 Å². The molecule has 0 spiro atoms. The van der Waals surface area contributed by atoms with Crippen molar-refractivity contribution in [2.45, 2.75) is 72.4 Å². The molecule has 1 atom stereocenters. The second-order valence-electron chi connectivity index (χ2n) is 7.08. The third kappa shape index (κ3) is 11.7. The van der Waals surface area contributed by atoms with Gasteiger partial charge in [-0.2, -0.15) is 4.31 Å². The molecule has 0 bridgehead atoms. The molecule has 0 saturated carbocycles. The van der Waals surface area contributed by atoms with Crippen molar-refractivity contribution in [2.75, 3.05) is 13.2 Å². The van der Waals surface area contributed by atoms with E-state index in [1.54, 1.807) is 45.9 Å². The summed E-state index contributed by atoms with van der Waals surface area (Å²) in [5.74, 6) is 0. The second-order valence-corrected chi connectivity index (χ2v) is 8.78. The topological polar surface area (TPSA) is 72.9 Å². The van der Waals surface area contributed by atoms with Gasteiger partial charge in [-0.3, -0.25) is 0 Å². The Labute approximate surface area is 165 Å². The summed E-state index contributed by atoms with van der Waals surface area (Å²) in [5.41, 5.74) is -0.802. The molecule has 0 heterocycles. The predicted molar refractivity (Wildman–Crippen MR) is 110 cm³/mol. The number of rotatable bonds is 11. The summed E-state index contributed by atoms with van der Waals surface area (Å²) in [5, 5.41) is 1.01. The van der Waals surface area contributed by atoms with Gasteiger partial charge in [0.15, 0.2) is 0 Å². The quantitative estimate of drug-likeness (QED) is 0.283. The number of unbranched alkanes of at least 4 members (excludes halogenated alkanes) is 1. The van der Waals surface area contributed by atoms with Crippen LogP contribution in [-0.4, -0.2) is 43.7 Å². The Morgan fingerprint density at radius 2 is 1.81 bits per heavy atom. The Kier molecular flexibility index (Phi) is 12.0. The summed E-state index contributed by atoms with van der Waals surface area (Å²) >= 11 is 0. The van der Waals surface area contributed by atoms with E-state index in [0.717, 1.165) is 29.0 Å². The maximum atomic E-state index is 12.7. The highest BCUT2D eigenvalue weighted by molar-refractivity contribution is 7.92. The van der Waals surface area contributed by atoms with Crippen LogP contribution in [0.25, 0.3) is 0 Å². The van der Waals surface area contributed by atoms with Gasteiger partial charge in [-0.05, 0) is 46.6 Å². The average Bonchev–Trinajstić information content (AvgIpc) is 2.53. The Bertz CT molecular complexity index is 615. The van der Waals surface area contributed by atoms with E-state index >= 15 is 0 Å². The summed E-state index contributed by atoms with van der Waals surface area (Å²) in [4.78, 5) is 12.5. The molecule has 0 rings (SSSR count). The first-order valence-electron chi connectivity index (χ1n) is 9.40. The molecule has 0 aromatic rings. The van der Waals surface area contributed by atoms with Crippen LogP contribution in [0.15, 0.2) is 35.8 Å². The Morgan fingerprint density at radius 1 is 1.15 bits per heavy atom. The third-order valence-corrected chi connectivity index (χ3v) is 4.75. The molecular formula is C20H35NO5S. The molecule has 0 aliphatic carbocycles. The van der Waals surface area contributed by atoms with Crippen molar-refractivity contribution in [3.63, 3.8) is 0 Å². The van der Waals surface area contributed by atoms with Crippen molar-refractivity contribution in [1.29, 1.82) is 0 Å². The van der Waals surface area contributed by atoms with Gasteiger partial charge in [-0.15, -0.1) is 0 Å². The van der Waals surface area contributed by atoms with Crippen molar-refractivity contribution >= 4 is 16.1 Å². The number of hydrogen-bond acceptors (Lipinski definition) is 5. The number of hydrogen-bond donors (Lipinski definition) is 0. The lowest BCUT2D eigenvalue weighted by Gasteiger charge is -2.28. The molecule has 0 radical (unpaired) electrons. The number of sulfonamides is 1. The standard InChI is InChI=1S/C20H35NO5S/c1-7-9-11-12-17-27(23,24)21(19(22)26-20(4,5)6)18(3)14-13-16-25-15-10-8-2/h9,11-14,17-18H,7-8,10,15-16H2,1-6H3/b11-9+,14-13-,17-12+/t18-/m1/s1. The number of nitrogens with zero attached hydrogens (tertiary/aromatic N) is 1. The maximum Gasteiger partial charge on any atom is 0.424 e. The summed E-state index contributed by atoms with van der Waals surface area (Å²) < 4.78 is 36.8. The van der Waals surface area contributed by atoms with Crippen molar-refractivity contribution in [3.8, 4) is 0 Å². The largest absolute Gasteiger partial charge is 0.443 e. The number of carbonyl (C=O) groups excluding carboxylic acids is 1. The number of allylic oxidation sites excluding steroid dienone is 3. The lowest BCUT2D eigenvalue weighted by Crippen LogP contribution is -2.44. The zero-order valence-electron chi connectivity index (χ0n) is 17.5. The van der Waals surface area contributed by atoms with E-state index in [9.17, 15) is 13.2 Å². The van der Waals surface area contributed by atoms with Gasteiger partial charge >= 0.3 is 6.09 Å². The molecule has 0 aromatic carbocycles. The Balaban J connectivity index is 5.34. The molecule has 0 aliphatic heterocycles. The van der Waals surface area contributed by atoms with Gasteiger partial charge in [-0.25, -0.2) is 13.2 Å². The van der Waals surface area contributed by atoms with Crippen LogP contribution >= 0.6 is 0 Å². The van der Waals surface area contributed by atoms with Crippen molar-refractivity contribution in [1.82, 2.24) is 4.31 Å². The molecule has 0 N–H and O–H groups in total. The van der Waals surface area contributed by atoms with Crippen LogP contribution in [0.1, 0.15) is 60.8 Å². The number of ether oxygens (including phenoxy) is 2. The summed E-state index contributed by atoms with van der Waals surface area (Å²) in [6.45, 7) is 11.7. The van der Waals surface area contributed by atoms with Crippen LogP contribution in [-0.2, 0) is 19.5 Å². The first-order chi connectivity index (χ1) is 12.5. The second kappa shape index (κ2) is 12.7. The lowest BCUT2D eigenvalue weighted by molar-refractivity contribution is 0.0370. The summed E-state index contributed by atoms with van der Waals surface area (Å²) in [7, 11) is -3.99. The Morgan fingerprint density at radius 3 is 2.37 bits per heavy atom. The number of amides is 1. The molecule has 1 amide bonds. The zero-order chi connectivity index (χ0) is 20.9. The minimum atomic E-state index is -3.99. The summed E-state index contributed by atoms with van der Waals surface area (Å²) in [6, 6.07) is -0.709. The van der Waals surface area contributed by atoms with Crippen LogP contribution in [0.5, 0.6) is 0 Å². The fraction of sp³-hybridized carbons (Fsp3) is 0.650. The van der Waals surface area contributed by atoms with Crippen LogP contribution in [0, 0.1) is 0 Å². The average molecular weight is 402 g/mol. The first-order valence-corrected chi connectivity index (χ1v) is 10.9. The van der Waals surface area contributed by atoms with E-state index in [0.29, 0.717) is 13.2 Å². The SMILES string of the molecule is CC/C=C/C=C/S(=O)(=O)N(C(=O)OC(C)(C)C)[C@H](C)/C=C\COCCCC. The molecular weight excluding hydrogens is 366 g/mol. The van der Waals surface area contributed by atoms with Gasteiger partial charge in [0.25, 0.3) is 10.0 Å². The van der Waals surface area contributed by atoms with Gasteiger partial charge in [0.1, 0.15) is 5.60 Å². The highest BCUT2D eigenvalue weighted by Crippen LogP contribution is 2.17. The van der Waals surface area contributed by atoms with Gasteiger partial charge in [0.05, 0.1) is 18.1 Å². The predicted octanol–water partition coefficient (Wildman–Crippen LogP) is 4.79. The molecule has 0 aromatic heterocycles. The first kappa shape index (κ1) is 25.4. The zero-order valence-corrected chi connectivity index (χ0v) is 18.3. The van der Waals surface area contributed by atoms with Gasteiger partial charge in [-0.1, -0.05) is 44.6 Å². The minimum Gasteiger partial charge on any atom is -0.443 e. The fourth-order valence-electron chi connectivity index (χ4n) is 1.96. The molecule has 0 fully saturated rings. The third-order valence-electron chi connectivity index (χ3n) is 3.22. The molecule has 0 saturated heterocycles.